The van der Waals surface area contributed by atoms with Crippen LogP contribution < -0.4 is 0 Å². The summed E-state index contributed by atoms with van der Waals surface area (Å²) in [4.78, 5) is 16.1. The molecule has 0 saturated heterocycles. The number of allylic oxidation sites excluding steroid dienone is 4. The van der Waals surface area contributed by atoms with Crippen molar-refractivity contribution >= 4 is 22.7 Å². The van der Waals surface area contributed by atoms with Gasteiger partial charge in [0.05, 0.1) is 11.0 Å². The van der Waals surface area contributed by atoms with Crippen LogP contribution in [0.15, 0.2) is 48.3 Å². The molecule has 0 bridgehead atoms. The van der Waals surface area contributed by atoms with E-state index in [1.807, 2.05) is 6.33 Å². The second-order valence-corrected chi connectivity index (χ2v) is 11.4. The maximum Gasteiger partial charge on any atom is 0.303 e. The van der Waals surface area contributed by atoms with Gasteiger partial charge in [-0.3, -0.25) is 4.79 Å². The van der Waals surface area contributed by atoms with Gasteiger partial charge in [-0.25, -0.2) is 4.98 Å². The van der Waals surface area contributed by atoms with Crippen LogP contribution in [0, 0.1) is 34.5 Å². The molecule has 0 radical (unpaired) electrons. The fourth-order valence-corrected chi connectivity index (χ4v) is 8.38. The number of fused-ring (bicyclic) bond motifs is 6. The average Bonchev–Trinajstić information content (AvgIpc) is 3.33. The molecule has 0 spiro atoms. The van der Waals surface area contributed by atoms with E-state index in [2.05, 4.69) is 59.8 Å². The molecule has 2 saturated carbocycles. The van der Waals surface area contributed by atoms with Crippen molar-refractivity contribution in [2.75, 3.05) is 0 Å². The standard InChI is InChI=1S/C28H34N2O2/c1-27-14-13-22-20(10-9-19-8-7-18(15-26(31)32)16-28(19,22)2)21(27)11-12-25(27)30-17-29-23-5-3-4-6-24(23)30/h3-6,9,12,17-18,20-22H,7-8,10-11,13-16H2,1-2H3,(H,31,32)/t18?,20-,21-,22-,27-,28-/m0/s1. The molecule has 168 valence electrons. The summed E-state index contributed by atoms with van der Waals surface area (Å²) in [6.07, 6.45) is 15.4. The summed E-state index contributed by atoms with van der Waals surface area (Å²) in [6.45, 7) is 4.97. The van der Waals surface area contributed by atoms with E-state index in [-0.39, 0.29) is 10.8 Å². The molecule has 1 N–H and O–H groups in total. The Kier molecular flexibility index (Phi) is 4.48. The van der Waals surface area contributed by atoms with E-state index < -0.39 is 5.97 Å². The Balaban J connectivity index is 1.32. The lowest BCUT2D eigenvalue weighted by atomic mass is 9.47. The predicted molar refractivity (Wildman–Crippen MR) is 127 cm³/mol. The molecule has 1 unspecified atom stereocenters. The number of carbonyl (C=O) groups is 1. The van der Waals surface area contributed by atoms with Gasteiger partial charge in [0.2, 0.25) is 0 Å². The van der Waals surface area contributed by atoms with E-state index >= 15 is 0 Å². The number of aromatic nitrogens is 2. The molecule has 1 aromatic carbocycles. The van der Waals surface area contributed by atoms with Crippen molar-refractivity contribution in [1.82, 2.24) is 9.55 Å². The van der Waals surface area contributed by atoms with Gasteiger partial charge < -0.3 is 9.67 Å². The zero-order chi connectivity index (χ0) is 22.1. The monoisotopic (exact) mass is 430 g/mol. The Hall–Kier alpha value is -2.36. The minimum atomic E-state index is -0.633. The second-order valence-electron chi connectivity index (χ2n) is 11.4. The van der Waals surface area contributed by atoms with Crippen molar-refractivity contribution in [2.45, 2.75) is 65.2 Å². The molecule has 32 heavy (non-hydrogen) atoms. The molecule has 0 amide bonds. The summed E-state index contributed by atoms with van der Waals surface area (Å²) in [5, 5.41) is 9.40. The molecule has 4 aliphatic carbocycles. The highest BCUT2D eigenvalue weighted by Crippen LogP contribution is 2.66. The Morgan fingerprint density at radius 1 is 1.12 bits per heavy atom. The van der Waals surface area contributed by atoms with Crippen molar-refractivity contribution in [3.05, 3.63) is 48.3 Å². The van der Waals surface area contributed by atoms with Crippen LogP contribution in [0.3, 0.4) is 0 Å². The van der Waals surface area contributed by atoms with Crippen LogP contribution in [0.4, 0.5) is 0 Å². The Labute approximate surface area is 190 Å². The molecule has 0 aliphatic heterocycles. The lowest BCUT2D eigenvalue weighted by molar-refractivity contribution is -0.138. The Bertz CT molecular complexity index is 1140. The van der Waals surface area contributed by atoms with Crippen molar-refractivity contribution < 1.29 is 9.90 Å². The average molecular weight is 431 g/mol. The van der Waals surface area contributed by atoms with Crippen LogP contribution in [-0.2, 0) is 4.79 Å². The number of hydrogen-bond donors (Lipinski definition) is 1. The molecular weight excluding hydrogens is 396 g/mol. The zero-order valence-electron chi connectivity index (χ0n) is 19.3. The van der Waals surface area contributed by atoms with E-state index in [0.717, 1.165) is 31.2 Å². The number of rotatable bonds is 3. The fraction of sp³-hybridized carbons (Fsp3) is 0.571. The molecule has 4 heteroatoms. The molecule has 1 heterocycles. The summed E-state index contributed by atoms with van der Waals surface area (Å²) < 4.78 is 2.35. The van der Waals surface area contributed by atoms with Gasteiger partial charge in [0.25, 0.3) is 0 Å². The zero-order valence-corrected chi connectivity index (χ0v) is 19.3. The molecule has 4 aliphatic rings. The number of carboxylic acid groups (broad SMARTS) is 1. The van der Waals surface area contributed by atoms with E-state index in [9.17, 15) is 9.90 Å². The van der Waals surface area contributed by atoms with Crippen LogP contribution in [0.5, 0.6) is 0 Å². The first-order chi connectivity index (χ1) is 15.4. The molecule has 6 rings (SSSR count). The lowest BCUT2D eigenvalue weighted by Gasteiger charge is -2.58. The summed E-state index contributed by atoms with van der Waals surface area (Å²) in [5.74, 6) is 1.73. The summed E-state index contributed by atoms with van der Waals surface area (Å²) in [6, 6.07) is 8.46. The smallest absolute Gasteiger partial charge is 0.303 e. The van der Waals surface area contributed by atoms with Crippen molar-refractivity contribution in [3.63, 3.8) is 0 Å². The fourth-order valence-electron chi connectivity index (χ4n) is 8.38. The van der Waals surface area contributed by atoms with E-state index in [0.29, 0.717) is 30.1 Å². The summed E-state index contributed by atoms with van der Waals surface area (Å²) in [5.41, 5.74) is 5.73. The lowest BCUT2D eigenvalue weighted by Crippen LogP contribution is -2.50. The number of hydrogen-bond acceptors (Lipinski definition) is 2. The quantitative estimate of drug-likeness (QED) is 0.562. The maximum absolute atomic E-state index is 11.4. The minimum absolute atomic E-state index is 0.182. The van der Waals surface area contributed by atoms with E-state index in [1.165, 1.54) is 30.5 Å². The first-order valence-electron chi connectivity index (χ1n) is 12.4. The molecule has 2 fully saturated rings. The van der Waals surface area contributed by atoms with Gasteiger partial charge >= 0.3 is 5.97 Å². The number of aliphatic carboxylic acids is 1. The predicted octanol–water partition coefficient (Wildman–Crippen LogP) is 6.54. The van der Waals surface area contributed by atoms with E-state index in [1.54, 1.807) is 5.57 Å². The van der Waals surface area contributed by atoms with Crippen LogP contribution in [0.1, 0.15) is 65.2 Å². The third-order valence-electron chi connectivity index (χ3n) is 9.88. The van der Waals surface area contributed by atoms with Gasteiger partial charge in [0.15, 0.2) is 0 Å². The number of benzene rings is 1. The van der Waals surface area contributed by atoms with Crippen LogP contribution in [0.25, 0.3) is 16.7 Å². The normalized spacial score (nSPS) is 38.4. The van der Waals surface area contributed by atoms with Crippen molar-refractivity contribution in [1.29, 1.82) is 0 Å². The number of para-hydroxylation sites is 2. The minimum Gasteiger partial charge on any atom is -0.481 e. The Morgan fingerprint density at radius 3 is 2.81 bits per heavy atom. The van der Waals surface area contributed by atoms with E-state index in [4.69, 9.17) is 0 Å². The van der Waals surface area contributed by atoms with Gasteiger partial charge in [-0.2, -0.15) is 0 Å². The number of imidazole rings is 1. The molecule has 4 nitrogen and oxygen atoms in total. The maximum atomic E-state index is 11.4. The molecule has 2 aromatic rings. The largest absolute Gasteiger partial charge is 0.481 e. The van der Waals surface area contributed by atoms with Crippen molar-refractivity contribution in [3.8, 4) is 0 Å². The molecule has 1 aromatic heterocycles. The third kappa shape index (κ3) is 2.80. The number of carboxylic acids is 1. The molecule has 6 atom stereocenters. The highest BCUT2D eigenvalue weighted by atomic mass is 16.4. The summed E-state index contributed by atoms with van der Waals surface area (Å²) in [7, 11) is 0. The van der Waals surface area contributed by atoms with Crippen LogP contribution in [-0.4, -0.2) is 20.6 Å². The van der Waals surface area contributed by atoms with Crippen LogP contribution in [0.2, 0.25) is 0 Å². The van der Waals surface area contributed by atoms with Gasteiger partial charge in [0, 0.05) is 17.5 Å². The first kappa shape index (κ1) is 20.3. The summed E-state index contributed by atoms with van der Waals surface area (Å²) >= 11 is 0. The van der Waals surface area contributed by atoms with Gasteiger partial charge in [-0.1, -0.05) is 43.7 Å². The third-order valence-corrected chi connectivity index (χ3v) is 9.88. The molecular formula is C28H34N2O2. The SMILES string of the molecule is C[C@]12CC(CC(=O)O)CCC1=CC[C@@H]1[C@@H]2CC[C@]2(C)C(n3cnc4ccccc43)=CC[C@@H]12. The highest BCUT2D eigenvalue weighted by Gasteiger charge is 2.57. The first-order valence-corrected chi connectivity index (χ1v) is 12.4. The highest BCUT2D eigenvalue weighted by molar-refractivity contribution is 5.80. The van der Waals surface area contributed by atoms with Gasteiger partial charge in [-0.15, -0.1) is 0 Å². The Morgan fingerprint density at radius 2 is 1.97 bits per heavy atom. The van der Waals surface area contributed by atoms with Crippen LogP contribution >= 0.6 is 0 Å². The number of nitrogens with zero attached hydrogens (tertiary/aromatic N) is 2. The van der Waals surface area contributed by atoms with Gasteiger partial charge in [0.1, 0.15) is 6.33 Å². The second kappa shape index (κ2) is 7.07. The van der Waals surface area contributed by atoms with Gasteiger partial charge in [-0.05, 0) is 86.2 Å². The topological polar surface area (TPSA) is 55.1 Å². The van der Waals surface area contributed by atoms with Crippen molar-refractivity contribution in [2.24, 2.45) is 34.5 Å².